The van der Waals surface area contributed by atoms with Gasteiger partial charge in [0.2, 0.25) is 0 Å². The number of aromatic nitrogens is 2. The Bertz CT molecular complexity index is 376. The van der Waals surface area contributed by atoms with Gasteiger partial charge in [0, 0.05) is 30.8 Å². The summed E-state index contributed by atoms with van der Waals surface area (Å²) in [5.41, 5.74) is 1.25. The standard InChI is InChI=1S/C13H23N3O/c1-8-9(2)17-10(3)12(8)13(14-4)11-6-15-16(5)7-11/h6-10,12-14H,1-5H3. The van der Waals surface area contributed by atoms with Gasteiger partial charge < -0.3 is 10.1 Å². The smallest absolute Gasteiger partial charge is 0.0600 e. The largest absolute Gasteiger partial charge is 0.375 e. The van der Waals surface area contributed by atoms with E-state index in [4.69, 9.17) is 4.74 Å². The van der Waals surface area contributed by atoms with E-state index in [-0.39, 0.29) is 6.10 Å². The Morgan fingerprint density at radius 2 is 2.06 bits per heavy atom. The molecule has 1 N–H and O–H groups in total. The molecule has 17 heavy (non-hydrogen) atoms. The fourth-order valence-corrected chi connectivity index (χ4v) is 3.05. The summed E-state index contributed by atoms with van der Waals surface area (Å²) in [7, 11) is 3.97. The van der Waals surface area contributed by atoms with Crippen LogP contribution in [-0.2, 0) is 11.8 Å². The lowest BCUT2D eigenvalue weighted by atomic mass is 9.81. The zero-order valence-electron chi connectivity index (χ0n) is 11.3. The van der Waals surface area contributed by atoms with Gasteiger partial charge in [-0.3, -0.25) is 4.68 Å². The molecule has 0 aromatic carbocycles. The zero-order valence-corrected chi connectivity index (χ0v) is 11.3. The molecule has 96 valence electrons. The van der Waals surface area contributed by atoms with Crippen molar-refractivity contribution in [1.82, 2.24) is 15.1 Å². The molecule has 5 atom stereocenters. The Morgan fingerprint density at radius 3 is 2.47 bits per heavy atom. The van der Waals surface area contributed by atoms with E-state index in [2.05, 4.69) is 37.4 Å². The van der Waals surface area contributed by atoms with Gasteiger partial charge in [0.1, 0.15) is 0 Å². The Labute approximate surface area is 103 Å². The molecule has 0 bridgehead atoms. The van der Waals surface area contributed by atoms with E-state index in [0.717, 1.165) is 0 Å². The summed E-state index contributed by atoms with van der Waals surface area (Å²) in [6.45, 7) is 6.61. The van der Waals surface area contributed by atoms with Gasteiger partial charge >= 0.3 is 0 Å². The normalized spacial score (nSPS) is 35.1. The predicted molar refractivity (Wildman–Crippen MR) is 67.7 cm³/mol. The zero-order chi connectivity index (χ0) is 12.6. The lowest BCUT2D eigenvalue weighted by molar-refractivity contribution is 0.0478. The minimum absolute atomic E-state index is 0.289. The van der Waals surface area contributed by atoms with Crippen LogP contribution in [0.25, 0.3) is 0 Å². The Kier molecular flexibility index (Phi) is 3.54. The molecule has 1 aliphatic rings. The highest BCUT2D eigenvalue weighted by Crippen LogP contribution is 2.40. The molecule has 5 unspecified atom stereocenters. The first-order valence-corrected chi connectivity index (χ1v) is 6.36. The van der Waals surface area contributed by atoms with Crippen LogP contribution in [-0.4, -0.2) is 29.0 Å². The lowest BCUT2D eigenvalue weighted by Gasteiger charge is -2.27. The van der Waals surface area contributed by atoms with Crippen LogP contribution in [0, 0.1) is 11.8 Å². The molecule has 0 aliphatic carbocycles. The Morgan fingerprint density at radius 1 is 1.35 bits per heavy atom. The van der Waals surface area contributed by atoms with Gasteiger partial charge in [-0.05, 0) is 26.8 Å². The summed E-state index contributed by atoms with van der Waals surface area (Å²) in [6.07, 6.45) is 4.66. The van der Waals surface area contributed by atoms with Crippen molar-refractivity contribution in [2.75, 3.05) is 7.05 Å². The molecule has 0 amide bonds. The monoisotopic (exact) mass is 237 g/mol. The highest BCUT2D eigenvalue weighted by Gasteiger charge is 2.41. The van der Waals surface area contributed by atoms with Gasteiger partial charge in [0.25, 0.3) is 0 Å². The second kappa shape index (κ2) is 4.78. The summed E-state index contributed by atoms with van der Waals surface area (Å²) in [4.78, 5) is 0. The van der Waals surface area contributed by atoms with Crippen molar-refractivity contribution in [2.45, 2.75) is 39.0 Å². The van der Waals surface area contributed by atoms with E-state index in [1.54, 1.807) is 0 Å². The fourth-order valence-electron chi connectivity index (χ4n) is 3.05. The third kappa shape index (κ3) is 2.24. The van der Waals surface area contributed by atoms with Crippen LogP contribution in [0.4, 0.5) is 0 Å². The first-order valence-electron chi connectivity index (χ1n) is 6.36. The van der Waals surface area contributed by atoms with Crippen LogP contribution in [0.2, 0.25) is 0 Å². The molecule has 1 fully saturated rings. The second-order valence-electron chi connectivity index (χ2n) is 5.20. The van der Waals surface area contributed by atoms with Crippen molar-refractivity contribution in [3.63, 3.8) is 0 Å². The number of hydrogen-bond donors (Lipinski definition) is 1. The van der Waals surface area contributed by atoms with Gasteiger partial charge in [-0.1, -0.05) is 6.92 Å². The van der Waals surface area contributed by atoms with E-state index in [0.29, 0.717) is 24.0 Å². The number of ether oxygens (including phenoxy) is 1. The number of rotatable bonds is 3. The van der Waals surface area contributed by atoms with Crippen LogP contribution in [0.15, 0.2) is 12.4 Å². The van der Waals surface area contributed by atoms with Crippen LogP contribution >= 0.6 is 0 Å². The van der Waals surface area contributed by atoms with Crippen molar-refractivity contribution in [1.29, 1.82) is 0 Å². The molecule has 1 aromatic rings. The number of hydrogen-bond acceptors (Lipinski definition) is 3. The number of aryl methyl sites for hydroxylation is 1. The molecular formula is C13H23N3O. The average Bonchev–Trinajstić information content (AvgIpc) is 2.79. The molecule has 2 rings (SSSR count). The summed E-state index contributed by atoms with van der Waals surface area (Å²) in [6, 6.07) is 0.318. The Balaban J connectivity index is 2.24. The van der Waals surface area contributed by atoms with Crippen molar-refractivity contribution in [3.05, 3.63) is 18.0 Å². The Hall–Kier alpha value is -0.870. The van der Waals surface area contributed by atoms with Gasteiger partial charge in [0.05, 0.1) is 18.4 Å². The molecule has 0 spiro atoms. The first kappa shape index (κ1) is 12.6. The SMILES string of the molecule is CNC(c1cnn(C)c1)C1C(C)OC(C)C1C. The minimum atomic E-state index is 0.289. The van der Waals surface area contributed by atoms with Gasteiger partial charge in [-0.15, -0.1) is 0 Å². The molecule has 0 radical (unpaired) electrons. The molecule has 4 nitrogen and oxygen atoms in total. The average molecular weight is 237 g/mol. The lowest BCUT2D eigenvalue weighted by Crippen LogP contribution is -2.32. The third-order valence-corrected chi connectivity index (χ3v) is 4.10. The molecule has 1 aromatic heterocycles. The summed E-state index contributed by atoms with van der Waals surface area (Å²) < 4.78 is 7.79. The van der Waals surface area contributed by atoms with Gasteiger partial charge in [-0.2, -0.15) is 5.10 Å². The van der Waals surface area contributed by atoms with E-state index in [1.165, 1.54) is 5.56 Å². The topological polar surface area (TPSA) is 39.1 Å². The number of nitrogens with zero attached hydrogens (tertiary/aromatic N) is 2. The maximum atomic E-state index is 5.93. The van der Waals surface area contributed by atoms with Crippen molar-refractivity contribution in [2.24, 2.45) is 18.9 Å². The minimum Gasteiger partial charge on any atom is -0.375 e. The quantitative estimate of drug-likeness (QED) is 0.870. The van der Waals surface area contributed by atoms with Crippen LogP contribution < -0.4 is 5.32 Å². The molecular weight excluding hydrogens is 214 g/mol. The van der Waals surface area contributed by atoms with Crippen LogP contribution in [0.5, 0.6) is 0 Å². The highest BCUT2D eigenvalue weighted by atomic mass is 16.5. The molecule has 0 saturated carbocycles. The summed E-state index contributed by atoms with van der Waals surface area (Å²) in [5.74, 6) is 1.06. The van der Waals surface area contributed by atoms with Crippen LogP contribution in [0.3, 0.4) is 0 Å². The fraction of sp³-hybridized carbons (Fsp3) is 0.769. The molecule has 1 aliphatic heterocycles. The van der Waals surface area contributed by atoms with Crippen molar-refractivity contribution >= 4 is 0 Å². The predicted octanol–water partition coefficient (Wildman–Crippen LogP) is 1.74. The highest BCUT2D eigenvalue weighted by molar-refractivity contribution is 5.13. The van der Waals surface area contributed by atoms with Crippen LogP contribution in [0.1, 0.15) is 32.4 Å². The summed E-state index contributed by atoms with van der Waals surface area (Å²) >= 11 is 0. The molecule has 2 heterocycles. The maximum absolute atomic E-state index is 5.93. The van der Waals surface area contributed by atoms with E-state index < -0.39 is 0 Å². The van der Waals surface area contributed by atoms with Crippen molar-refractivity contribution < 1.29 is 4.74 Å². The maximum Gasteiger partial charge on any atom is 0.0600 e. The summed E-state index contributed by atoms with van der Waals surface area (Å²) in [5, 5.41) is 7.68. The molecule has 1 saturated heterocycles. The van der Waals surface area contributed by atoms with E-state index >= 15 is 0 Å². The second-order valence-corrected chi connectivity index (χ2v) is 5.20. The third-order valence-electron chi connectivity index (χ3n) is 4.10. The number of nitrogens with one attached hydrogen (secondary N) is 1. The van der Waals surface area contributed by atoms with Crippen molar-refractivity contribution in [3.8, 4) is 0 Å². The van der Waals surface area contributed by atoms with E-state index in [9.17, 15) is 0 Å². The van der Waals surface area contributed by atoms with Gasteiger partial charge in [-0.25, -0.2) is 0 Å². The van der Waals surface area contributed by atoms with E-state index in [1.807, 2.05) is 25.0 Å². The van der Waals surface area contributed by atoms with Gasteiger partial charge in [0.15, 0.2) is 0 Å². The molecule has 4 heteroatoms. The first-order chi connectivity index (χ1) is 8.04.